The Morgan fingerprint density at radius 3 is 1.69 bits per heavy atom. The third-order valence-corrected chi connectivity index (χ3v) is 10.4. The fourth-order valence-electron chi connectivity index (χ4n) is 7.03. The van der Waals surface area contributed by atoms with Crippen molar-refractivity contribution in [2.75, 3.05) is 0 Å². The molecule has 294 valence electrons. The minimum atomic E-state index is -0.761. The standard InChI is InChI=1S/C46H62O8/c1-30(20-16-21-32(3)24-25-39-34(5)43(54-37(8)49)41(53-36(7)48)29-44(39,9)10)18-14-15-19-31(2)22-17-23-33(4)40(50)26-42(51)46(13)28-38(52-35(6)47)27-45(46,11)12/h14-26,38,41,43,50H,27-29H2,1-13H3/b15-14+,20-16+,22-17+,25-24+,30-18+,31-19+,32-21+,33-23+,40-26-/t38-,41-,43+,46-/m0/s1. The Labute approximate surface area is 323 Å². The molecule has 0 aromatic heterocycles. The van der Waals surface area contributed by atoms with Crippen LogP contribution in [0.3, 0.4) is 0 Å². The average Bonchev–Trinajstić information content (AvgIpc) is 3.27. The molecule has 1 N–H and O–H groups in total. The quantitative estimate of drug-likeness (QED) is 0.0615. The molecule has 0 aromatic carbocycles. The minimum Gasteiger partial charge on any atom is -0.508 e. The van der Waals surface area contributed by atoms with E-state index in [9.17, 15) is 24.3 Å². The molecule has 0 spiro atoms. The molecule has 0 radical (unpaired) electrons. The van der Waals surface area contributed by atoms with Crippen LogP contribution in [0.1, 0.15) is 109 Å². The van der Waals surface area contributed by atoms with Crippen molar-refractivity contribution in [1.29, 1.82) is 0 Å². The smallest absolute Gasteiger partial charge is 0.303 e. The first-order valence-electron chi connectivity index (χ1n) is 18.6. The highest BCUT2D eigenvalue weighted by Crippen LogP contribution is 2.54. The molecule has 0 aromatic rings. The molecular weight excluding hydrogens is 680 g/mol. The van der Waals surface area contributed by atoms with Crippen LogP contribution in [0.2, 0.25) is 0 Å². The van der Waals surface area contributed by atoms with Gasteiger partial charge in [-0.05, 0) is 81.4 Å². The maximum Gasteiger partial charge on any atom is 0.303 e. The second kappa shape index (κ2) is 19.6. The van der Waals surface area contributed by atoms with Gasteiger partial charge >= 0.3 is 17.9 Å². The maximum absolute atomic E-state index is 13.3. The molecule has 2 aliphatic carbocycles. The first-order valence-corrected chi connectivity index (χ1v) is 18.6. The van der Waals surface area contributed by atoms with Crippen molar-refractivity contribution in [2.45, 2.75) is 128 Å². The monoisotopic (exact) mass is 742 g/mol. The summed E-state index contributed by atoms with van der Waals surface area (Å²) in [5, 5.41) is 10.7. The molecule has 2 rings (SSSR count). The van der Waals surface area contributed by atoms with Crippen molar-refractivity contribution >= 4 is 23.7 Å². The van der Waals surface area contributed by atoms with E-state index in [1.54, 1.807) is 13.0 Å². The first-order chi connectivity index (χ1) is 25.0. The van der Waals surface area contributed by atoms with Crippen LogP contribution in [-0.2, 0) is 33.4 Å². The summed E-state index contributed by atoms with van der Waals surface area (Å²) in [5.41, 5.74) is 4.18. The normalized spacial score (nSPS) is 25.6. The van der Waals surface area contributed by atoms with Gasteiger partial charge in [-0.15, -0.1) is 0 Å². The molecule has 8 heteroatoms. The summed E-state index contributed by atoms with van der Waals surface area (Å²) >= 11 is 0. The van der Waals surface area contributed by atoms with Crippen LogP contribution in [0.25, 0.3) is 0 Å². The predicted molar refractivity (Wildman–Crippen MR) is 216 cm³/mol. The molecule has 0 aliphatic heterocycles. The topological polar surface area (TPSA) is 116 Å². The predicted octanol–water partition coefficient (Wildman–Crippen LogP) is 10.4. The van der Waals surface area contributed by atoms with Gasteiger partial charge < -0.3 is 19.3 Å². The Hall–Kier alpha value is -4.72. The minimum absolute atomic E-state index is 0.0837. The van der Waals surface area contributed by atoms with Crippen molar-refractivity contribution in [3.05, 3.63) is 118 Å². The van der Waals surface area contributed by atoms with Gasteiger partial charge in [0.1, 0.15) is 18.0 Å². The molecule has 1 fully saturated rings. The summed E-state index contributed by atoms with van der Waals surface area (Å²) in [6.07, 6.45) is 25.0. The van der Waals surface area contributed by atoms with E-state index >= 15 is 0 Å². The molecule has 1 saturated carbocycles. The third-order valence-electron chi connectivity index (χ3n) is 10.4. The number of esters is 3. The fraction of sp³-hybridized carbons (Fsp3) is 0.478. The number of ketones is 1. The lowest BCUT2D eigenvalue weighted by Crippen LogP contribution is -2.43. The second-order valence-electron chi connectivity index (χ2n) is 16.1. The molecule has 54 heavy (non-hydrogen) atoms. The van der Waals surface area contributed by atoms with Crippen LogP contribution in [0.5, 0.6) is 0 Å². The zero-order valence-corrected chi connectivity index (χ0v) is 34.7. The second-order valence-corrected chi connectivity index (χ2v) is 16.1. The molecule has 0 amide bonds. The Morgan fingerprint density at radius 1 is 0.648 bits per heavy atom. The van der Waals surface area contributed by atoms with E-state index in [0.717, 1.165) is 27.9 Å². The van der Waals surface area contributed by atoms with Gasteiger partial charge in [0.2, 0.25) is 0 Å². The summed E-state index contributed by atoms with van der Waals surface area (Å²) in [6, 6.07) is 0. The number of rotatable bonds is 14. The van der Waals surface area contributed by atoms with E-state index in [-0.39, 0.29) is 29.0 Å². The number of aliphatic hydroxyl groups is 1. The van der Waals surface area contributed by atoms with Gasteiger partial charge in [-0.2, -0.15) is 0 Å². The van der Waals surface area contributed by atoms with Crippen molar-refractivity contribution in [3.8, 4) is 0 Å². The molecule has 2 aliphatic rings. The Kier molecular flexibility index (Phi) is 16.5. The van der Waals surface area contributed by atoms with E-state index in [1.807, 2.05) is 109 Å². The molecule has 0 saturated heterocycles. The average molecular weight is 743 g/mol. The fourth-order valence-corrected chi connectivity index (χ4v) is 7.03. The van der Waals surface area contributed by atoms with Crippen molar-refractivity contribution in [2.24, 2.45) is 16.2 Å². The van der Waals surface area contributed by atoms with Crippen LogP contribution < -0.4 is 0 Å². The number of hydrogen-bond donors (Lipinski definition) is 1. The van der Waals surface area contributed by atoms with E-state index < -0.39 is 35.0 Å². The van der Waals surface area contributed by atoms with Crippen LogP contribution in [0.15, 0.2) is 118 Å². The van der Waals surface area contributed by atoms with Gasteiger partial charge in [0.25, 0.3) is 0 Å². The molecule has 4 atom stereocenters. The Morgan fingerprint density at radius 2 is 1.15 bits per heavy atom. The Bertz CT molecular complexity index is 1750. The first kappa shape index (κ1) is 45.4. The number of hydrogen-bond acceptors (Lipinski definition) is 8. The highest BCUT2D eigenvalue weighted by Gasteiger charge is 2.54. The van der Waals surface area contributed by atoms with Gasteiger partial charge in [-0.1, -0.05) is 124 Å². The number of allylic oxidation sites excluding steroid dienone is 18. The lowest BCUT2D eigenvalue weighted by Gasteiger charge is -2.41. The summed E-state index contributed by atoms with van der Waals surface area (Å²) in [5.74, 6) is -1.43. The highest BCUT2D eigenvalue weighted by molar-refractivity contribution is 5.96. The third kappa shape index (κ3) is 13.3. The van der Waals surface area contributed by atoms with Gasteiger partial charge in [0, 0.05) is 32.3 Å². The van der Waals surface area contributed by atoms with Crippen LogP contribution >= 0.6 is 0 Å². The number of carbonyl (C=O) groups is 4. The summed E-state index contributed by atoms with van der Waals surface area (Å²) in [7, 11) is 0. The number of ether oxygens (including phenoxy) is 3. The van der Waals surface area contributed by atoms with Gasteiger partial charge in [-0.3, -0.25) is 19.2 Å². The summed E-state index contributed by atoms with van der Waals surface area (Å²) in [4.78, 5) is 48.3. The molecular formula is C46H62O8. The number of aliphatic hydroxyl groups excluding tert-OH is 1. The number of carbonyl (C=O) groups excluding carboxylic acids is 4. The lowest BCUT2D eigenvalue weighted by atomic mass is 9.66. The highest BCUT2D eigenvalue weighted by atomic mass is 16.6. The van der Waals surface area contributed by atoms with Crippen LogP contribution in [0.4, 0.5) is 0 Å². The van der Waals surface area contributed by atoms with Crippen LogP contribution in [-0.4, -0.2) is 47.1 Å². The summed E-state index contributed by atoms with van der Waals surface area (Å²) < 4.78 is 16.5. The molecule has 0 bridgehead atoms. The zero-order chi connectivity index (χ0) is 41.0. The van der Waals surface area contributed by atoms with E-state index in [1.165, 1.54) is 26.8 Å². The molecule has 8 nitrogen and oxygen atoms in total. The lowest BCUT2D eigenvalue weighted by molar-refractivity contribution is -0.165. The largest absolute Gasteiger partial charge is 0.508 e. The van der Waals surface area contributed by atoms with Crippen LogP contribution in [0, 0.1) is 16.2 Å². The van der Waals surface area contributed by atoms with Gasteiger partial charge in [0.05, 0.1) is 0 Å². The summed E-state index contributed by atoms with van der Waals surface area (Å²) in [6.45, 7) is 23.9. The SMILES string of the molecule is CC(=O)O[C@H]1CC(C)(C)[C@](C)(C(=O)/C=C(O)/C(C)=C/C=C/C(C)=C/C=C/C=C(C)/C=C/C=C(C)/C=C/C2=C(C)[C@@H](OC(C)=O)[C@@H](OC(C)=O)CC2(C)C)C1. The zero-order valence-electron chi connectivity index (χ0n) is 34.7. The maximum atomic E-state index is 13.3. The molecule has 0 heterocycles. The van der Waals surface area contributed by atoms with Crippen molar-refractivity contribution < 1.29 is 38.5 Å². The van der Waals surface area contributed by atoms with E-state index in [4.69, 9.17) is 14.2 Å². The van der Waals surface area contributed by atoms with E-state index in [2.05, 4.69) is 19.9 Å². The van der Waals surface area contributed by atoms with Gasteiger partial charge in [-0.25, -0.2) is 0 Å². The van der Waals surface area contributed by atoms with Gasteiger partial charge in [0.15, 0.2) is 11.9 Å². The van der Waals surface area contributed by atoms with E-state index in [0.29, 0.717) is 24.8 Å². The molecule has 0 unspecified atom stereocenters. The van der Waals surface area contributed by atoms with Crippen molar-refractivity contribution in [3.63, 3.8) is 0 Å². The van der Waals surface area contributed by atoms with Crippen molar-refractivity contribution in [1.82, 2.24) is 0 Å². The Balaban J connectivity index is 2.03.